The predicted molar refractivity (Wildman–Crippen MR) is 222 cm³/mol. The van der Waals surface area contributed by atoms with Gasteiger partial charge < -0.3 is 5.73 Å². The molecule has 5 heteroatoms. The fraction of sp³-hybridized carbons (Fsp3) is 0.0204. The highest BCUT2D eigenvalue weighted by Gasteiger charge is 2.11. The number of allylic oxidation sites excluding steroid dienone is 3. The highest BCUT2D eigenvalue weighted by atomic mass is 14.9. The quantitative estimate of drug-likeness (QED) is 0.144. The molecule has 5 aromatic carbocycles. The zero-order valence-electron chi connectivity index (χ0n) is 29.6. The summed E-state index contributed by atoms with van der Waals surface area (Å²) in [5.41, 5.74) is 20.0. The normalized spacial score (nSPS) is 11.7. The van der Waals surface area contributed by atoms with Crippen LogP contribution in [0, 0.1) is 0 Å². The van der Waals surface area contributed by atoms with E-state index in [2.05, 4.69) is 108 Å². The molecule has 3 heterocycles. The average molecular weight is 696 g/mol. The van der Waals surface area contributed by atoms with Gasteiger partial charge in [0.2, 0.25) is 0 Å². The summed E-state index contributed by atoms with van der Waals surface area (Å²) in [5.74, 6) is 0.707. The molecule has 0 aliphatic rings. The first-order valence-electron chi connectivity index (χ1n) is 18.0. The molecule has 8 rings (SSSR count). The first-order chi connectivity index (χ1) is 26.7. The van der Waals surface area contributed by atoms with E-state index in [1.54, 1.807) is 6.20 Å². The third kappa shape index (κ3) is 7.96. The summed E-state index contributed by atoms with van der Waals surface area (Å²) in [6.45, 7) is 0. The molecule has 0 amide bonds. The van der Waals surface area contributed by atoms with E-state index < -0.39 is 0 Å². The Kier molecular flexibility index (Phi) is 10.0. The smallest absolute Gasteiger partial charge is 0.160 e. The second-order valence-electron chi connectivity index (χ2n) is 12.9. The molecular formula is C49H37N5. The van der Waals surface area contributed by atoms with Gasteiger partial charge in [-0.1, -0.05) is 158 Å². The van der Waals surface area contributed by atoms with Crippen molar-refractivity contribution >= 4 is 11.3 Å². The molecule has 0 saturated carbocycles. The van der Waals surface area contributed by atoms with Crippen LogP contribution in [0.2, 0.25) is 0 Å². The lowest BCUT2D eigenvalue weighted by atomic mass is 9.99. The number of benzene rings is 5. The van der Waals surface area contributed by atoms with Gasteiger partial charge in [0.25, 0.3) is 0 Å². The summed E-state index contributed by atoms with van der Waals surface area (Å²) >= 11 is 0. The Balaban J connectivity index is 1.02. The Morgan fingerprint density at radius 1 is 0.463 bits per heavy atom. The third-order valence-corrected chi connectivity index (χ3v) is 9.24. The van der Waals surface area contributed by atoms with Crippen molar-refractivity contribution in [3.63, 3.8) is 0 Å². The molecule has 0 unspecified atom stereocenters. The molecule has 258 valence electrons. The van der Waals surface area contributed by atoms with Gasteiger partial charge in [-0.2, -0.15) is 0 Å². The summed E-state index contributed by atoms with van der Waals surface area (Å²) in [4.78, 5) is 19.4. The van der Waals surface area contributed by atoms with Gasteiger partial charge in [0, 0.05) is 40.6 Å². The second-order valence-corrected chi connectivity index (χ2v) is 12.9. The van der Waals surface area contributed by atoms with Gasteiger partial charge in [-0.05, 0) is 58.7 Å². The molecule has 0 atom stereocenters. The summed E-state index contributed by atoms with van der Waals surface area (Å²) in [5, 5.41) is 0. The number of aromatic nitrogens is 4. The Morgan fingerprint density at radius 2 is 1.00 bits per heavy atom. The fourth-order valence-corrected chi connectivity index (χ4v) is 6.37. The van der Waals surface area contributed by atoms with Crippen LogP contribution in [-0.4, -0.2) is 19.9 Å². The SMILES string of the molecule is N/C(=C\C(=C/Cc1cccc(-c2ccc(-c3ccc(-c4cc(-c5ccccc5)nc(-c5ccccc5)n4)cc3)cc2)n1)c1ccccc1)c1ccccn1. The molecule has 0 spiro atoms. The topological polar surface area (TPSA) is 77.6 Å². The van der Waals surface area contributed by atoms with E-state index in [9.17, 15) is 0 Å². The zero-order valence-corrected chi connectivity index (χ0v) is 29.6. The molecular weight excluding hydrogens is 659 g/mol. The Morgan fingerprint density at radius 3 is 1.61 bits per heavy atom. The minimum absolute atomic E-state index is 0.616. The molecule has 8 aromatic rings. The van der Waals surface area contributed by atoms with Crippen LogP contribution in [0.15, 0.2) is 200 Å². The minimum atomic E-state index is 0.616. The monoisotopic (exact) mass is 695 g/mol. The molecule has 2 N–H and O–H groups in total. The van der Waals surface area contributed by atoms with Crippen molar-refractivity contribution in [2.75, 3.05) is 0 Å². The Bertz CT molecular complexity index is 2470. The maximum absolute atomic E-state index is 6.48. The molecule has 5 nitrogen and oxygen atoms in total. The van der Waals surface area contributed by atoms with E-state index in [1.165, 1.54) is 0 Å². The van der Waals surface area contributed by atoms with Crippen molar-refractivity contribution in [2.24, 2.45) is 5.73 Å². The van der Waals surface area contributed by atoms with Gasteiger partial charge in [-0.15, -0.1) is 0 Å². The zero-order chi connectivity index (χ0) is 36.5. The van der Waals surface area contributed by atoms with Crippen LogP contribution in [0.4, 0.5) is 0 Å². The lowest BCUT2D eigenvalue weighted by molar-refractivity contribution is 1.12. The van der Waals surface area contributed by atoms with E-state index in [-0.39, 0.29) is 0 Å². The highest BCUT2D eigenvalue weighted by Crippen LogP contribution is 2.30. The van der Waals surface area contributed by atoms with E-state index in [1.807, 2.05) is 91.0 Å². The number of nitrogens with two attached hydrogens (primary N) is 1. The van der Waals surface area contributed by atoms with Crippen molar-refractivity contribution in [3.05, 3.63) is 217 Å². The van der Waals surface area contributed by atoms with Crippen LogP contribution in [0.25, 0.3) is 67.6 Å². The van der Waals surface area contributed by atoms with Gasteiger partial charge in [-0.3, -0.25) is 9.97 Å². The molecule has 0 radical (unpaired) electrons. The van der Waals surface area contributed by atoms with Crippen LogP contribution < -0.4 is 5.73 Å². The molecule has 0 fully saturated rings. The van der Waals surface area contributed by atoms with Crippen molar-refractivity contribution < 1.29 is 0 Å². The van der Waals surface area contributed by atoms with Crippen LogP contribution in [0.1, 0.15) is 17.0 Å². The van der Waals surface area contributed by atoms with Crippen LogP contribution >= 0.6 is 0 Å². The van der Waals surface area contributed by atoms with Crippen molar-refractivity contribution in [1.29, 1.82) is 0 Å². The third-order valence-electron chi connectivity index (χ3n) is 9.24. The first-order valence-corrected chi connectivity index (χ1v) is 18.0. The fourth-order valence-electron chi connectivity index (χ4n) is 6.37. The molecule has 0 bridgehead atoms. The van der Waals surface area contributed by atoms with Gasteiger partial charge in [0.1, 0.15) is 0 Å². The van der Waals surface area contributed by atoms with Crippen molar-refractivity contribution in [3.8, 4) is 56.3 Å². The van der Waals surface area contributed by atoms with E-state index >= 15 is 0 Å². The standard InChI is InChI=1S/C49H37N5/c50-44(46-20-10-11-32-51-46)33-42(35-13-4-1-5-14-35)30-31-43-19-12-21-45(52-43)39-26-22-36(23-27-39)37-24-28-40(29-25-37)48-34-47(38-15-6-2-7-16-38)53-49(54-48)41-17-8-3-9-18-41/h1-30,32-34H,31,50H2/b42-30+,44-33-. The summed E-state index contributed by atoms with van der Waals surface area (Å²) in [7, 11) is 0. The number of nitrogens with zero attached hydrogens (tertiary/aromatic N) is 4. The Hall–Kier alpha value is -7.24. The first kappa shape index (κ1) is 33.9. The van der Waals surface area contributed by atoms with Crippen LogP contribution in [0.3, 0.4) is 0 Å². The highest BCUT2D eigenvalue weighted by molar-refractivity contribution is 5.82. The summed E-state index contributed by atoms with van der Waals surface area (Å²) < 4.78 is 0. The summed E-state index contributed by atoms with van der Waals surface area (Å²) in [6.07, 6.45) is 6.57. The average Bonchev–Trinajstić information content (AvgIpc) is 3.26. The second kappa shape index (κ2) is 16.0. The predicted octanol–water partition coefficient (Wildman–Crippen LogP) is 11.2. The van der Waals surface area contributed by atoms with Gasteiger partial charge in [-0.25, -0.2) is 9.97 Å². The molecule has 0 aliphatic heterocycles. The molecule has 3 aromatic heterocycles. The lowest BCUT2D eigenvalue weighted by Crippen LogP contribution is -1.99. The largest absolute Gasteiger partial charge is 0.397 e. The maximum Gasteiger partial charge on any atom is 0.160 e. The molecule has 54 heavy (non-hydrogen) atoms. The number of rotatable bonds is 10. The van der Waals surface area contributed by atoms with Crippen molar-refractivity contribution in [2.45, 2.75) is 6.42 Å². The van der Waals surface area contributed by atoms with Gasteiger partial charge in [0.15, 0.2) is 5.82 Å². The van der Waals surface area contributed by atoms with Crippen molar-refractivity contribution in [1.82, 2.24) is 19.9 Å². The van der Waals surface area contributed by atoms with Gasteiger partial charge in [0.05, 0.1) is 28.5 Å². The van der Waals surface area contributed by atoms with Crippen LogP contribution in [-0.2, 0) is 6.42 Å². The number of hydrogen-bond donors (Lipinski definition) is 1. The Labute approximate surface area is 315 Å². The number of pyridine rings is 2. The van der Waals surface area contributed by atoms with Gasteiger partial charge >= 0.3 is 0 Å². The number of hydrogen-bond acceptors (Lipinski definition) is 5. The molecule has 0 aliphatic carbocycles. The maximum atomic E-state index is 6.48. The minimum Gasteiger partial charge on any atom is -0.397 e. The summed E-state index contributed by atoms with van der Waals surface area (Å²) in [6, 6.07) is 61.8. The lowest BCUT2D eigenvalue weighted by Gasteiger charge is -2.10. The van der Waals surface area contributed by atoms with E-state index in [0.29, 0.717) is 17.9 Å². The van der Waals surface area contributed by atoms with E-state index in [4.69, 9.17) is 20.7 Å². The van der Waals surface area contributed by atoms with E-state index in [0.717, 1.165) is 73.0 Å². The van der Waals surface area contributed by atoms with Crippen LogP contribution in [0.5, 0.6) is 0 Å². The molecule has 0 saturated heterocycles.